The van der Waals surface area contributed by atoms with Gasteiger partial charge in [-0.1, -0.05) is 18.0 Å². The van der Waals surface area contributed by atoms with Crippen molar-refractivity contribution in [3.63, 3.8) is 0 Å². The van der Waals surface area contributed by atoms with Crippen molar-refractivity contribution in [3.05, 3.63) is 42.2 Å². The van der Waals surface area contributed by atoms with Crippen LogP contribution in [0.4, 0.5) is 0 Å². The Labute approximate surface area is 138 Å². The third kappa shape index (κ3) is 2.71. The molecule has 6 nitrogen and oxygen atoms in total. The highest BCUT2D eigenvalue weighted by Crippen LogP contribution is 2.31. The predicted octanol–water partition coefficient (Wildman–Crippen LogP) is 3.27. The molecule has 1 aliphatic carbocycles. The molecule has 2 heterocycles. The van der Waals surface area contributed by atoms with Crippen molar-refractivity contribution in [1.29, 1.82) is 0 Å². The van der Waals surface area contributed by atoms with Gasteiger partial charge < -0.3 is 14.9 Å². The van der Waals surface area contributed by atoms with Crippen LogP contribution in [0.25, 0.3) is 22.2 Å². The van der Waals surface area contributed by atoms with Crippen LogP contribution in [-0.2, 0) is 0 Å². The second-order valence-electron chi connectivity index (χ2n) is 6.10. The normalized spacial score (nSPS) is 15.0. The largest absolute Gasteiger partial charge is 0.507 e. The van der Waals surface area contributed by atoms with Crippen LogP contribution >= 0.6 is 0 Å². The number of nitrogens with one attached hydrogen (secondary N) is 1. The van der Waals surface area contributed by atoms with E-state index >= 15 is 0 Å². The Kier molecular flexibility index (Phi) is 3.65. The Balaban J connectivity index is 1.61. The molecule has 122 valence electrons. The van der Waals surface area contributed by atoms with E-state index < -0.39 is 0 Å². The lowest BCUT2D eigenvalue weighted by Crippen LogP contribution is -2.32. The zero-order valence-electron chi connectivity index (χ0n) is 13.0. The first-order valence-corrected chi connectivity index (χ1v) is 8.06. The first-order valence-electron chi connectivity index (χ1n) is 8.06. The van der Waals surface area contributed by atoms with Crippen LogP contribution < -0.4 is 5.32 Å². The molecule has 1 fully saturated rings. The Morgan fingerprint density at radius 2 is 2.08 bits per heavy atom. The van der Waals surface area contributed by atoms with Gasteiger partial charge in [-0.2, -0.15) is 0 Å². The van der Waals surface area contributed by atoms with Gasteiger partial charge in [0, 0.05) is 29.3 Å². The van der Waals surface area contributed by atoms with Crippen molar-refractivity contribution in [3.8, 4) is 17.1 Å². The highest BCUT2D eigenvalue weighted by molar-refractivity contribution is 5.94. The number of hydrogen-bond acceptors (Lipinski definition) is 5. The first-order chi connectivity index (χ1) is 11.7. The van der Waals surface area contributed by atoms with Crippen molar-refractivity contribution < 1.29 is 14.4 Å². The third-order valence-electron chi connectivity index (χ3n) is 4.42. The molecule has 0 unspecified atom stereocenters. The monoisotopic (exact) mass is 323 g/mol. The number of phenolic OH excluding ortho intramolecular Hbond substituents is 1. The average molecular weight is 323 g/mol. The van der Waals surface area contributed by atoms with Gasteiger partial charge in [-0.3, -0.25) is 9.78 Å². The molecule has 0 spiro atoms. The fourth-order valence-corrected chi connectivity index (χ4v) is 3.15. The Morgan fingerprint density at radius 1 is 1.25 bits per heavy atom. The van der Waals surface area contributed by atoms with Gasteiger partial charge in [0.25, 0.3) is 5.91 Å². The number of phenols is 1. The maximum absolute atomic E-state index is 12.2. The molecule has 4 rings (SSSR count). The lowest BCUT2D eigenvalue weighted by atomic mass is 10.1. The summed E-state index contributed by atoms with van der Waals surface area (Å²) in [5.41, 5.74) is 1.53. The Hall–Kier alpha value is -2.89. The van der Waals surface area contributed by atoms with E-state index in [1.54, 1.807) is 36.5 Å². The summed E-state index contributed by atoms with van der Waals surface area (Å²) in [4.78, 5) is 16.5. The SMILES string of the molecule is O=C(NC1CCCC1)c1cc(-c2cc(O)c3cccnc3c2)on1. The van der Waals surface area contributed by atoms with Crippen molar-refractivity contribution in [2.24, 2.45) is 0 Å². The third-order valence-corrected chi connectivity index (χ3v) is 4.42. The minimum atomic E-state index is -0.222. The number of carbonyl (C=O) groups excluding carboxylic acids is 1. The summed E-state index contributed by atoms with van der Waals surface area (Å²) in [6.07, 6.45) is 5.99. The predicted molar refractivity (Wildman–Crippen MR) is 88.6 cm³/mol. The molecule has 24 heavy (non-hydrogen) atoms. The van der Waals surface area contributed by atoms with Crippen molar-refractivity contribution >= 4 is 16.8 Å². The molecule has 1 saturated carbocycles. The maximum atomic E-state index is 12.2. The van der Waals surface area contributed by atoms with E-state index in [9.17, 15) is 9.90 Å². The summed E-state index contributed by atoms with van der Waals surface area (Å²) >= 11 is 0. The molecule has 0 saturated heterocycles. The number of fused-ring (bicyclic) bond motifs is 1. The van der Waals surface area contributed by atoms with Crippen LogP contribution in [0.15, 0.2) is 41.1 Å². The van der Waals surface area contributed by atoms with Crippen molar-refractivity contribution in [1.82, 2.24) is 15.5 Å². The Morgan fingerprint density at radius 3 is 2.92 bits per heavy atom. The van der Waals surface area contributed by atoms with Crippen molar-refractivity contribution in [2.45, 2.75) is 31.7 Å². The summed E-state index contributed by atoms with van der Waals surface area (Å²) in [7, 11) is 0. The molecule has 1 aromatic carbocycles. The molecule has 1 amide bonds. The van der Waals surface area contributed by atoms with Crippen LogP contribution in [0.3, 0.4) is 0 Å². The second-order valence-corrected chi connectivity index (χ2v) is 6.10. The van der Waals surface area contributed by atoms with E-state index in [4.69, 9.17) is 4.52 Å². The van der Waals surface area contributed by atoms with E-state index in [1.165, 1.54) is 0 Å². The second kappa shape index (κ2) is 5.96. The van der Waals surface area contributed by atoms with Crippen molar-refractivity contribution in [2.75, 3.05) is 0 Å². The number of aromatic hydroxyl groups is 1. The molecule has 0 aliphatic heterocycles. The van der Waals surface area contributed by atoms with E-state index in [0.717, 1.165) is 25.7 Å². The number of hydrogen-bond donors (Lipinski definition) is 2. The molecular weight excluding hydrogens is 306 g/mol. The van der Waals surface area contributed by atoms with Crippen LogP contribution in [0, 0.1) is 0 Å². The van der Waals surface area contributed by atoms with E-state index in [1.807, 2.05) is 0 Å². The minimum Gasteiger partial charge on any atom is -0.507 e. The number of amides is 1. The van der Waals surface area contributed by atoms with Gasteiger partial charge in [0.1, 0.15) is 5.75 Å². The highest BCUT2D eigenvalue weighted by atomic mass is 16.5. The molecule has 1 aliphatic rings. The zero-order chi connectivity index (χ0) is 16.5. The molecule has 3 aromatic rings. The fraction of sp³-hybridized carbons (Fsp3) is 0.278. The van der Waals surface area contributed by atoms with Gasteiger partial charge in [-0.15, -0.1) is 0 Å². The van der Waals surface area contributed by atoms with Gasteiger partial charge in [0.15, 0.2) is 11.5 Å². The molecule has 2 aromatic heterocycles. The number of rotatable bonds is 3. The molecule has 0 bridgehead atoms. The van der Waals surface area contributed by atoms with Gasteiger partial charge in [0.05, 0.1) is 5.52 Å². The number of pyridine rings is 1. The van der Waals surface area contributed by atoms with Crippen LogP contribution in [0.1, 0.15) is 36.2 Å². The van der Waals surface area contributed by atoms with E-state index in [2.05, 4.69) is 15.5 Å². The number of benzene rings is 1. The fourth-order valence-electron chi connectivity index (χ4n) is 3.15. The van der Waals surface area contributed by atoms with Gasteiger partial charge >= 0.3 is 0 Å². The molecule has 6 heteroatoms. The molecule has 0 radical (unpaired) electrons. The van der Waals surface area contributed by atoms with Crippen LogP contribution in [0.5, 0.6) is 5.75 Å². The molecule has 0 atom stereocenters. The minimum absolute atomic E-state index is 0.115. The first kappa shape index (κ1) is 14.7. The highest BCUT2D eigenvalue weighted by Gasteiger charge is 2.21. The van der Waals surface area contributed by atoms with E-state index in [0.29, 0.717) is 22.2 Å². The summed E-state index contributed by atoms with van der Waals surface area (Å²) in [5, 5.41) is 17.6. The molecular formula is C18H17N3O3. The lowest BCUT2D eigenvalue weighted by Gasteiger charge is -2.09. The summed E-state index contributed by atoms with van der Waals surface area (Å²) < 4.78 is 5.29. The quantitative estimate of drug-likeness (QED) is 0.772. The summed E-state index contributed by atoms with van der Waals surface area (Å²) in [6.45, 7) is 0. The summed E-state index contributed by atoms with van der Waals surface area (Å²) in [5.74, 6) is 0.318. The Bertz CT molecular complexity index is 897. The van der Waals surface area contributed by atoms with E-state index in [-0.39, 0.29) is 23.4 Å². The van der Waals surface area contributed by atoms with Gasteiger partial charge in [-0.25, -0.2) is 0 Å². The lowest BCUT2D eigenvalue weighted by molar-refractivity contribution is 0.0929. The molecule has 2 N–H and O–H groups in total. The standard InChI is InChI=1S/C18H17N3O3/c22-16-9-11(8-14-13(16)6-3-7-19-14)17-10-15(21-24-17)18(23)20-12-4-1-2-5-12/h3,6-10,12,22H,1-2,4-5H2,(H,20,23). The smallest absolute Gasteiger partial charge is 0.273 e. The number of carbonyl (C=O) groups is 1. The van der Waals surface area contributed by atoms with Gasteiger partial charge in [-0.05, 0) is 37.1 Å². The van der Waals surface area contributed by atoms with Crippen LogP contribution in [-0.4, -0.2) is 27.2 Å². The number of aromatic nitrogens is 2. The number of nitrogens with zero attached hydrogens (tertiary/aromatic N) is 2. The van der Waals surface area contributed by atoms with Gasteiger partial charge in [0.2, 0.25) is 0 Å². The average Bonchev–Trinajstić information content (AvgIpc) is 3.26. The summed E-state index contributed by atoms with van der Waals surface area (Å²) in [6, 6.07) is 8.77. The van der Waals surface area contributed by atoms with Crippen LogP contribution in [0.2, 0.25) is 0 Å². The zero-order valence-corrected chi connectivity index (χ0v) is 13.0. The maximum Gasteiger partial charge on any atom is 0.273 e. The topological polar surface area (TPSA) is 88.2 Å².